The third-order valence-corrected chi connectivity index (χ3v) is 2.39. The van der Waals surface area contributed by atoms with Crippen molar-refractivity contribution < 1.29 is 9.82 Å². The molecule has 1 aliphatic heterocycles. The topological polar surface area (TPSA) is 40.5 Å². The lowest BCUT2D eigenvalue weighted by molar-refractivity contribution is -0.139. The van der Waals surface area contributed by atoms with E-state index in [0.29, 0.717) is 13.1 Å². The Morgan fingerprint density at radius 2 is 1.77 bits per heavy atom. The highest BCUT2D eigenvalue weighted by atomic mass is 16.2. The molecule has 0 aromatic carbocycles. The molecule has 3 nitrogen and oxygen atoms in total. The highest BCUT2D eigenvalue weighted by Gasteiger charge is 2.30. The normalized spacial score (nSPS) is 19.1. The van der Waals surface area contributed by atoms with E-state index in [0.717, 1.165) is 12.6 Å². The Labute approximate surface area is 80.2 Å². The highest BCUT2D eigenvalue weighted by Crippen LogP contribution is 2.20. The average Bonchev–Trinajstić information content (AvgIpc) is 2.03. The monoisotopic (exact) mass is 183 g/mol. The quantitative estimate of drug-likeness (QED) is 0.565. The van der Waals surface area contributed by atoms with E-state index >= 15 is 0 Å². The van der Waals surface area contributed by atoms with Gasteiger partial charge in [0.25, 0.3) is 6.92 Å². The van der Waals surface area contributed by atoms with Gasteiger partial charge in [0.1, 0.15) is 0 Å². The number of rotatable bonds is 0. The van der Waals surface area contributed by atoms with Crippen LogP contribution in [0.5, 0.6) is 0 Å². The molecule has 0 spiro atoms. The van der Waals surface area contributed by atoms with Crippen molar-refractivity contribution in [1.29, 1.82) is 0 Å². The Kier molecular flexibility index (Phi) is 3.01. The van der Waals surface area contributed by atoms with Crippen molar-refractivity contribution in [2.45, 2.75) is 33.4 Å². The van der Waals surface area contributed by atoms with Gasteiger partial charge in [-0.1, -0.05) is 20.8 Å². The van der Waals surface area contributed by atoms with Crippen molar-refractivity contribution in [2.75, 3.05) is 13.1 Å². The van der Waals surface area contributed by atoms with E-state index in [1.54, 1.807) is 0 Å². The lowest BCUT2D eigenvalue weighted by Crippen LogP contribution is -2.45. The van der Waals surface area contributed by atoms with Gasteiger partial charge in [0.15, 0.2) is 0 Å². The Morgan fingerprint density at radius 3 is 2.15 bits per heavy atom. The van der Waals surface area contributed by atoms with Crippen LogP contribution in [-0.2, 0) is 4.79 Å². The third kappa shape index (κ3) is 2.73. The van der Waals surface area contributed by atoms with E-state index in [9.17, 15) is 9.82 Å². The molecule has 1 amide bonds. The first-order chi connectivity index (χ1) is 5.91. The van der Waals surface area contributed by atoms with Gasteiger partial charge >= 0.3 is 0 Å². The summed E-state index contributed by atoms with van der Waals surface area (Å²) >= 11 is 0. The fourth-order valence-corrected chi connectivity index (χ4v) is 1.54. The maximum Gasteiger partial charge on any atom is 0.292 e. The molecule has 1 fully saturated rings. The van der Waals surface area contributed by atoms with Crippen LogP contribution in [0.2, 0.25) is 12.6 Å². The fraction of sp³-hybridized carbons (Fsp3) is 0.889. The number of nitrogens with zero attached hydrogens (tertiary/aromatic N) is 1. The standard InChI is InChI=1S/C9H18BNO2/c1-9(2,3)8(12)11-6-4-10(13)5-7-11/h13H,4-7H2,1-3H3. The minimum atomic E-state index is -0.289. The summed E-state index contributed by atoms with van der Waals surface area (Å²) in [5, 5.41) is 9.27. The van der Waals surface area contributed by atoms with Gasteiger partial charge in [-0.05, 0) is 12.6 Å². The summed E-state index contributed by atoms with van der Waals surface area (Å²) in [6, 6.07) is 0. The summed E-state index contributed by atoms with van der Waals surface area (Å²) in [4.78, 5) is 13.6. The second-order valence-electron chi connectivity index (χ2n) is 4.77. The van der Waals surface area contributed by atoms with Crippen LogP contribution in [0.1, 0.15) is 20.8 Å². The van der Waals surface area contributed by atoms with Crippen LogP contribution in [0.4, 0.5) is 0 Å². The molecule has 0 aromatic heterocycles. The molecule has 0 bridgehead atoms. The molecule has 74 valence electrons. The largest absolute Gasteiger partial charge is 0.450 e. The molecule has 1 N–H and O–H groups in total. The second kappa shape index (κ2) is 3.70. The van der Waals surface area contributed by atoms with Crippen molar-refractivity contribution in [2.24, 2.45) is 5.41 Å². The van der Waals surface area contributed by atoms with E-state index in [2.05, 4.69) is 0 Å². The van der Waals surface area contributed by atoms with Gasteiger partial charge in [-0.15, -0.1) is 0 Å². The Hall–Kier alpha value is -0.505. The zero-order valence-corrected chi connectivity index (χ0v) is 8.71. The van der Waals surface area contributed by atoms with Crippen LogP contribution >= 0.6 is 0 Å². The number of amides is 1. The van der Waals surface area contributed by atoms with E-state index in [1.165, 1.54) is 0 Å². The van der Waals surface area contributed by atoms with Gasteiger partial charge in [0.05, 0.1) is 0 Å². The van der Waals surface area contributed by atoms with Gasteiger partial charge in [-0.3, -0.25) is 4.79 Å². The summed E-state index contributed by atoms with van der Waals surface area (Å²) in [7, 11) is 0. The van der Waals surface area contributed by atoms with Crippen molar-refractivity contribution in [3.8, 4) is 0 Å². The average molecular weight is 183 g/mol. The van der Waals surface area contributed by atoms with Crippen LogP contribution in [0.25, 0.3) is 0 Å². The molecule has 0 saturated carbocycles. The lowest BCUT2D eigenvalue weighted by Gasteiger charge is -2.33. The molecule has 0 unspecified atom stereocenters. The van der Waals surface area contributed by atoms with Gasteiger partial charge in [0.2, 0.25) is 5.91 Å². The maximum absolute atomic E-state index is 11.8. The Balaban J connectivity index is 2.50. The van der Waals surface area contributed by atoms with Gasteiger partial charge < -0.3 is 9.92 Å². The molecule has 4 heteroatoms. The maximum atomic E-state index is 11.8. The third-order valence-electron chi connectivity index (χ3n) is 2.39. The minimum absolute atomic E-state index is 0.194. The van der Waals surface area contributed by atoms with E-state index < -0.39 is 0 Å². The van der Waals surface area contributed by atoms with Crippen molar-refractivity contribution in [1.82, 2.24) is 4.90 Å². The van der Waals surface area contributed by atoms with Gasteiger partial charge in [-0.2, -0.15) is 0 Å². The first kappa shape index (κ1) is 10.6. The van der Waals surface area contributed by atoms with Gasteiger partial charge in [0, 0.05) is 18.5 Å². The smallest absolute Gasteiger partial charge is 0.292 e. The molecule has 1 heterocycles. The molecule has 1 rings (SSSR count). The van der Waals surface area contributed by atoms with Crippen molar-refractivity contribution in [3.05, 3.63) is 0 Å². The van der Waals surface area contributed by atoms with Crippen LogP contribution in [0.15, 0.2) is 0 Å². The zero-order chi connectivity index (χ0) is 10.1. The number of carbonyl (C=O) groups excluding carboxylic acids is 1. The van der Waals surface area contributed by atoms with Crippen molar-refractivity contribution >= 4 is 12.8 Å². The summed E-state index contributed by atoms with van der Waals surface area (Å²) < 4.78 is 0. The van der Waals surface area contributed by atoms with E-state index in [1.807, 2.05) is 25.7 Å². The molecule has 13 heavy (non-hydrogen) atoms. The number of carbonyl (C=O) groups is 1. The zero-order valence-electron chi connectivity index (χ0n) is 8.71. The summed E-state index contributed by atoms with van der Waals surface area (Å²) in [6.07, 6.45) is 1.45. The van der Waals surface area contributed by atoms with E-state index in [-0.39, 0.29) is 18.2 Å². The Morgan fingerprint density at radius 1 is 1.31 bits per heavy atom. The number of hydrogen-bond donors (Lipinski definition) is 1. The Bertz CT molecular complexity index is 192. The van der Waals surface area contributed by atoms with Crippen LogP contribution in [-0.4, -0.2) is 35.8 Å². The van der Waals surface area contributed by atoms with Crippen LogP contribution in [0.3, 0.4) is 0 Å². The summed E-state index contributed by atoms with van der Waals surface area (Å²) in [6.45, 7) is 7.00. The van der Waals surface area contributed by atoms with Gasteiger partial charge in [-0.25, -0.2) is 0 Å². The predicted molar refractivity (Wildman–Crippen MR) is 53.6 cm³/mol. The molecule has 1 aliphatic rings. The fourth-order valence-electron chi connectivity index (χ4n) is 1.54. The lowest BCUT2D eigenvalue weighted by atomic mass is 9.60. The first-order valence-electron chi connectivity index (χ1n) is 4.88. The highest BCUT2D eigenvalue weighted by molar-refractivity contribution is 6.50. The summed E-state index contributed by atoms with van der Waals surface area (Å²) in [5.74, 6) is 0.194. The molecular formula is C9H18BNO2. The summed E-state index contributed by atoms with van der Waals surface area (Å²) in [5.41, 5.74) is -0.289. The van der Waals surface area contributed by atoms with E-state index in [4.69, 9.17) is 0 Å². The predicted octanol–water partition coefficient (Wildman–Crippen LogP) is 0.859. The minimum Gasteiger partial charge on any atom is -0.450 e. The molecule has 0 aromatic rings. The SMILES string of the molecule is CC(C)(C)C(=O)N1CCB(O)CC1. The molecular weight excluding hydrogens is 165 g/mol. The van der Waals surface area contributed by atoms with Crippen LogP contribution < -0.4 is 0 Å². The molecule has 0 radical (unpaired) electrons. The molecule has 0 aliphatic carbocycles. The molecule has 0 atom stereocenters. The second-order valence-corrected chi connectivity index (χ2v) is 4.77. The first-order valence-corrected chi connectivity index (χ1v) is 4.88. The molecule has 1 saturated heterocycles. The van der Waals surface area contributed by atoms with Crippen LogP contribution in [0, 0.1) is 5.41 Å². The van der Waals surface area contributed by atoms with Crippen molar-refractivity contribution in [3.63, 3.8) is 0 Å². The number of hydrogen-bond acceptors (Lipinski definition) is 2.